The highest BCUT2D eigenvalue weighted by atomic mass is 16.5. The van der Waals surface area contributed by atoms with Crippen LogP contribution >= 0.6 is 0 Å². The standard InChI is InChI=1S/C27H26N2O3/c1-17-6-12-25(19(3)13-17)29(27(31)20-7-9-23(32-4)10-8-20)16-22-15-21-14-18(2)5-11-24(21)28-26(22)30/h5-15H,16H2,1-4H3,(H,28,30). The molecule has 0 atom stereocenters. The highest BCUT2D eigenvalue weighted by molar-refractivity contribution is 6.06. The maximum Gasteiger partial charge on any atom is 0.258 e. The summed E-state index contributed by atoms with van der Waals surface area (Å²) >= 11 is 0. The van der Waals surface area contributed by atoms with Gasteiger partial charge in [-0.25, -0.2) is 0 Å². The van der Waals surface area contributed by atoms with Gasteiger partial charge in [-0.2, -0.15) is 0 Å². The quantitative estimate of drug-likeness (QED) is 0.470. The van der Waals surface area contributed by atoms with E-state index in [1.165, 1.54) is 0 Å². The van der Waals surface area contributed by atoms with Gasteiger partial charge in [-0.3, -0.25) is 9.59 Å². The second-order valence-electron chi connectivity index (χ2n) is 8.12. The Hall–Kier alpha value is -3.86. The van der Waals surface area contributed by atoms with Crippen LogP contribution in [0.2, 0.25) is 0 Å². The second-order valence-corrected chi connectivity index (χ2v) is 8.12. The number of fused-ring (bicyclic) bond motifs is 1. The van der Waals surface area contributed by atoms with Gasteiger partial charge in [0.15, 0.2) is 0 Å². The summed E-state index contributed by atoms with van der Waals surface area (Å²) in [6.45, 7) is 6.17. The SMILES string of the molecule is COc1ccc(C(=O)N(Cc2cc3cc(C)ccc3[nH]c2=O)c2ccc(C)cc2C)cc1. The molecule has 0 fully saturated rings. The summed E-state index contributed by atoms with van der Waals surface area (Å²) in [7, 11) is 1.59. The first-order valence-corrected chi connectivity index (χ1v) is 10.5. The fourth-order valence-corrected chi connectivity index (χ4v) is 3.92. The molecular formula is C27H26N2O3. The number of rotatable bonds is 5. The van der Waals surface area contributed by atoms with Gasteiger partial charge in [0.1, 0.15) is 5.75 Å². The minimum atomic E-state index is -0.196. The van der Waals surface area contributed by atoms with Gasteiger partial charge in [0.05, 0.1) is 13.7 Å². The number of hydrogen-bond acceptors (Lipinski definition) is 3. The predicted molar refractivity (Wildman–Crippen MR) is 129 cm³/mol. The normalized spacial score (nSPS) is 10.9. The Kier molecular flexibility index (Phi) is 5.82. The molecule has 162 valence electrons. The molecule has 0 aliphatic carbocycles. The van der Waals surface area contributed by atoms with E-state index in [0.29, 0.717) is 16.9 Å². The van der Waals surface area contributed by atoms with E-state index in [-0.39, 0.29) is 18.0 Å². The van der Waals surface area contributed by atoms with Gasteiger partial charge in [0, 0.05) is 22.3 Å². The van der Waals surface area contributed by atoms with E-state index < -0.39 is 0 Å². The molecule has 4 rings (SSSR count). The van der Waals surface area contributed by atoms with Crippen LogP contribution in [0.3, 0.4) is 0 Å². The molecule has 0 spiro atoms. The molecule has 0 aliphatic heterocycles. The van der Waals surface area contributed by atoms with Gasteiger partial charge in [0.2, 0.25) is 0 Å². The van der Waals surface area contributed by atoms with Crippen LogP contribution in [0, 0.1) is 20.8 Å². The highest BCUT2D eigenvalue weighted by Gasteiger charge is 2.21. The van der Waals surface area contributed by atoms with Crippen molar-refractivity contribution in [3.63, 3.8) is 0 Å². The number of carbonyl (C=O) groups excluding carboxylic acids is 1. The predicted octanol–water partition coefficient (Wildman–Crippen LogP) is 5.31. The zero-order chi connectivity index (χ0) is 22.8. The number of hydrogen-bond donors (Lipinski definition) is 1. The largest absolute Gasteiger partial charge is 0.497 e. The van der Waals surface area contributed by atoms with Crippen LogP contribution in [0.5, 0.6) is 5.75 Å². The van der Waals surface area contributed by atoms with Crippen LogP contribution in [0.1, 0.15) is 32.6 Å². The summed E-state index contributed by atoms with van der Waals surface area (Å²) in [5.41, 5.74) is 5.62. The first-order valence-electron chi connectivity index (χ1n) is 10.5. The Labute approximate surface area is 187 Å². The van der Waals surface area contributed by atoms with E-state index >= 15 is 0 Å². The van der Waals surface area contributed by atoms with Gasteiger partial charge in [-0.1, -0.05) is 29.3 Å². The molecule has 0 saturated heterocycles. The zero-order valence-corrected chi connectivity index (χ0v) is 18.7. The number of methoxy groups -OCH3 is 1. The lowest BCUT2D eigenvalue weighted by Crippen LogP contribution is -2.33. The number of aromatic nitrogens is 1. The van der Waals surface area contributed by atoms with E-state index in [1.54, 1.807) is 36.3 Å². The van der Waals surface area contributed by atoms with Crippen molar-refractivity contribution in [2.75, 3.05) is 12.0 Å². The van der Waals surface area contributed by atoms with Crippen molar-refractivity contribution in [3.8, 4) is 5.75 Å². The van der Waals surface area contributed by atoms with Gasteiger partial charge in [0.25, 0.3) is 11.5 Å². The van der Waals surface area contributed by atoms with Crippen LogP contribution < -0.4 is 15.2 Å². The summed E-state index contributed by atoms with van der Waals surface area (Å²) in [4.78, 5) is 31.1. The third-order valence-electron chi connectivity index (χ3n) is 5.63. The molecule has 3 aromatic carbocycles. The van der Waals surface area contributed by atoms with E-state index in [2.05, 4.69) is 4.98 Å². The van der Waals surface area contributed by atoms with Crippen LogP contribution in [0.15, 0.2) is 71.5 Å². The van der Waals surface area contributed by atoms with Gasteiger partial charge < -0.3 is 14.6 Å². The number of amides is 1. The van der Waals surface area contributed by atoms with Crippen LogP contribution in [-0.4, -0.2) is 18.0 Å². The molecule has 0 unspecified atom stereocenters. The second kappa shape index (κ2) is 8.71. The third-order valence-corrected chi connectivity index (χ3v) is 5.63. The smallest absolute Gasteiger partial charge is 0.258 e. The number of pyridine rings is 1. The summed E-state index contributed by atoms with van der Waals surface area (Å²) in [6.07, 6.45) is 0. The maximum atomic E-state index is 13.6. The molecule has 0 saturated carbocycles. The number of ether oxygens (including phenoxy) is 1. The lowest BCUT2D eigenvalue weighted by atomic mass is 10.1. The van der Waals surface area contributed by atoms with E-state index in [4.69, 9.17) is 4.74 Å². The fourth-order valence-electron chi connectivity index (χ4n) is 3.92. The topological polar surface area (TPSA) is 62.4 Å². The molecule has 1 N–H and O–H groups in total. The Morgan fingerprint density at radius 1 is 0.906 bits per heavy atom. The number of H-pyrrole nitrogens is 1. The molecule has 5 nitrogen and oxygen atoms in total. The van der Waals surface area contributed by atoms with Crippen molar-refractivity contribution in [2.45, 2.75) is 27.3 Å². The summed E-state index contributed by atoms with van der Waals surface area (Å²) < 4.78 is 5.22. The van der Waals surface area contributed by atoms with Crippen LogP contribution in [0.25, 0.3) is 10.9 Å². The van der Waals surface area contributed by atoms with Gasteiger partial charge in [-0.15, -0.1) is 0 Å². The fraction of sp³-hybridized carbons (Fsp3) is 0.185. The Morgan fingerprint density at radius 2 is 1.59 bits per heavy atom. The molecular weight excluding hydrogens is 400 g/mol. The van der Waals surface area contributed by atoms with Crippen molar-refractivity contribution < 1.29 is 9.53 Å². The van der Waals surface area contributed by atoms with Crippen molar-refractivity contribution in [3.05, 3.63) is 105 Å². The number of nitrogens with one attached hydrogen (secondary N) is 1. The highest BCUT2D eigenvalue weighted by Crippen LogP contribution is 2.26. The lowest BCUT2D eigenvalue weighted by molar-refractivity contribution is 0.0985. The average molecular weight is 427 g/mol. The monoisotopic (exact) mass is 426 g/mol. The number of aryl methyl sites for hydroxylation is 3. The van der Waals surface area contributed by atoms with Crippen LogP contribution in [-0.2, 0) is 6.54 Å². The molecule has 1 heterocycles. The van der Waals surface area contributed by atoms with Crippen molar-refractivity contribution in [1.29, 1.82) is 0 Å². The Morgan fingerprint density at radius 3 is 2.28 bits per heavy atom. The maximum absolute atomic E-state index is 13.6. The summed E-state index contributed by atoms with van der Waals surface area (Å²) in [5, 5.41) is 0.942. The number of nitrogens with zero attached hydrogens (tertiary/aromatic N) is 1. The molecule has 0 radical (unpaired) electrons. The number of carbonyl (C=O) groups is 1. The molecule has 0 aliphatic rings. The lowest BCUT2D eigenvalue weighted by Gasteiger charge is -2.25. The van der Waals surface area contributed by atoms with E-state index in [9.17, 15) is 9.59 Å². The van der Waals surface area contributed by atoms with Gasteiger partial charge in [-0.05, 0) is 80.3 Å². The number of aromatic amines is 1. The molecule has 0 bridgehead atoms. The van der Waals surface area contributed by atoms with Crippen molar-refractivity contribution in [1.82, 2.24) is 4.98 Å². The summed E-state index contributed by atoms with van der Waals surface area (Å²) in [6, 6.07) is 20.7. The van der Waals surface area contributed by atoms with Crippen molar-refractivity contribution >= 4 is 22.5 Å². The van der Waals surface area contributed by atoms with Crippen LogP contribution in [0.4, 0.5) is 5.69 Å². The van der Waals surface area contributed by atoms with E-state index in [1.807, 2.05) is 63.2 Å². The minimum Gasteiger partial charge on any atom is -0.497 e. The van der Waals surface area contributed by atoms with Crippen molar-refractivity contribution in [2.24, 2.45) is 0 Å². The average Bonchev–Trinajstić information content (AvgIpc) is 2.78. The minimum absolute atomic E-state index is 0.161. The molecule has 32 heavy (non-hydrogen) atoms. The summed E-state index contributed by atoms with van der Waals surface area (Å²) in [5.74, 6) is 0.504. The molecule has 1 amide bonds. The molecule has 5 heteroatoms. The third kappa shape index (κ3) is 4.28. The Balaban J connectivity index is 1.80. The van der Waals surface area contributed by atoms with Gasteiger partial charge >= 0.3 is 0 Å². The number of anilines is 1. The Bertz CT molecular complexity index is 1350. The first kappa shape index (κ1) is 21.4. The molecule has 4 aromatic rings. The first-order chi connectivity index (χ1) is 15.4. The number of benzene rings is 3. The zero-order valence-electron chi connectivity index (χ0n) is 18.7. The molecule has 1 aromatic heterocycles. The van der Waals surface area contributed by atoms with E-state index in [0.717, 1.165) is 33.3 Å².